The highest BCUT2D eigenvalue weighted by atomic mass is 16.5. The van der Waals surface area contributed by atoms with Crippen molar-refractivity contribution < 1.29 is 13.9 Å². The number of aryl methyl sites for hydroxylation is 2. The highest BCUT2D eigenvalue weighted by molar-refractivity contribution is 5.28. The fraction of sp³-hybridized carbons (Fsp3) is 0.643. The van der Waals surface area contributed by atoms with E-state index in [1.54, 1.807) is 4.68 Å². The summed E-state index contributed by atoms with van der Waals surface area (Å²) in [6.07, 6.45) is 2.06. The van der Waals surface area contributed by atoms with Gasteiger partial charge in [0.25, 0.3) is 5.89 Å². The molecule has 7 nitrogen and oxygen atoms in total. The Morgan fingerprint density at radius 1 is 1.33 bits per heavy atom. The Balaban J connectivity index is 1.64. The van der Waals surface area contributed by atoms with Gasteiger partial charge in [-0.1, -0.05) is 0 Å². The number of nitrogens with zero attached hydrogens (tertiary/aromatic N) is 4. The van der Waals surface area contributed by atoms with Crippen LogP contribution in [0.3, 0.4) is 0 Å². The molecule has 0 bridgehead atoms. The molecule has 0 N–H and O–H groups in total. The molecule has 1 fully saturated rings. The molecule has 0 aliphatic carbocycles. The fourth-order valence-corrected chi connectivity index (χ4v) is 2.50. The van der Waals surface area contributed by atoms with Gasteiger partial charge in [0.2, 0.25) is 11.8 Å². The van der Waals surface area contributed by atoms with Gasteiger partial charge in [0.1, 0.15) is 0 Å². The van der Waals surface area contributed by atoms with Crippen molar-refractivity contribution in [3.63, 3.8) is 0 Å². The minimum absolute atomic E-state index is 0.209. The Bertz CT molecular complexity index is 614. The summed E-state index contributed by atoms with van der Waals surface area (Å²) < 4.78 is 18.6. The molecule has 1 saturated heterocycles. The van der Waals surface area contributed by atoms with Crippen molar-refractivity contribution in [1.82, 2.24) is 20.0 Å². The Labute approximate surface area is 123 Å². The van der Waals surface area contributed by atoms with Gasteiger partial charge in [0, 0.05) is 19.2 Å². The molecular formula is C14H20N4O3. The van der Waals surface area contributed by atoms with E-state index in [1.165, 1.54) is 0 Å². The van der Waals surface area contributed by atoms with Gasteiger partial charge in [-0.3, -0.25) is 0 Å². The molecule has 2 aromatic heterocycles. The first-order chi connectivity index (χ1) is 10.1. The maximum absolute atomic E-state index is 5.75. The average Bonchev–Trinajstić information content (AvgIpc) is 3.05. The summed E-state index contributed by atoms with van der Waals surface area (Å²) in [4.78, 5) is 0. The van der Waals surface area contributed by atoms with E-state index in [-0.39, 0.29) is 12.5 Å². The molecule has 2 aromatic rings. The van der Waals surface area contributed by atoms with E-state index in [2.05, 4.69) is 15.3 Å². The molecule has 1 aliphatic rings. The zero-order chi connectivity index (χ0) is 14.8. The van der Waals surface area contributed by atoms with Crippen molar-refractivity contribution in [3.05, 3.63) is 23.0 Å². The van der Waals surface area contributed by atoms with Crippen LogP contribution in [-0.4, -0.2) is 33.2 Å². The highest BCUT2D eigenvalue weighted by Crippen LogP contribution is 2.25. The first-order valence-corrected chi connectivity index (χ1v) is 7.18. The van der Waals surface area contributed by atoms with E-state index >= 15 is 0 Å². The molecule has 0 aromatic carbocycles. The van der Waals surface area contributed by atoms with Crippen LogP contribution >= 0.6 is 0 Å². The lowest BCUT2D eigenvalue weighted by atomic mass is 10.0. The molecule has 0 spiro atoms. The van der Waals surface area contributed by atoms with Crippen molar-refractivity contribution in [1.29, 1.82) is 0 Å². The van der Waals surface area contributed by atoms with Crippen LogP contribution in [0.5, 0.6) is 5.88 Å². The van der Waals surface area contributed by atoms with E-state index < -0.39 is 0 Å². The Kier molecular flexibility index (Phi) is 3.92. The molecule has 7 heteroatoms. The van der Waals surface area contributed by atoms with Gasteiger partial charge in [0.05, 0.1) is 18.2 Å². The van der Waals surface area contributed by atoms with Gasteiger partial charge in [-0.15, -0.1) is 10.2 Å². The van der Waals surface area contributed by atoms with Crippen molar-refractivity contribution in [2.75, 3.05) is 13.2 Å². The third kappa shape index (κ3) is 2.92. The number of ether oxygens (including phenoxy) is 2. The van der Waals surface area contributed by atoms with Crippen LogP contribution in [0.2, 0.25) is 0 Å². The van der Waals surface area contributed by atoms with Crippen molar-refractivity contribution in [3.8, 4) is 5.88 Å². The van der Waals surface area contributed by atoms with Gasteiger partial charge < -0.3 is 13.9 Å². The van der Waals surface area contributed by atoms with E-state index in [4.69, 9.17) is 13.9 Å². The number of hydrogen-bond acceptors (Lipinski definition) is 6. The fourth-order valence-electron chi connectivity index (χ4n) is 2.50. The second-order valence-electron chi connectivity index (χ2n) is 5.38. The summed E-state index contributed by atoms with van der Waals surface area (Å²) in [6.45, 7) is 5.66. The van der Waals surface area contributed by atoms with Crippen LogP contribution in [-0.2, 0) is 18.4 Å². The Hall–Kier alpha value is -1.89. The predicted octanol–water partition coefficient (Wildman–Crippen LogP) is 1.89. The molecule has 21 heavy (non-hydrogen) atoms. The minimum Gasteiger partial charge on any atom is -0.468 e. The predicted molar refractivity (Wildman–Crippen MR) is 74.1 cm³/mol. The zero-order valence-electron chi connectivity index (χ0n) is 12.6. The van der Waals surface area contributed by atoms with Crippen LogP contribution in [0.1, 0.15) is 41.8 Å². The molecule has 0 radical (unpaired) electrons. The van der Waals surface area contributed by atoms with Gasteiger partial charge in [-0.25, -0.2) is 4.68 Å². The summed E-state index contributed by atoms with van der Waals surface area (Å²) in [5.41, 5.74) is 1.98. The SMILES string of the molecule is Cc1nn(C)c(OCc2nnc(C3CCCOC3)o2)c1C. The molecule has 3 heterocycles. The maximum Gasteiger partial charge on any atom is 0.253 e. The first kappa shape index (κ1) is 14.1. The number of rotatable bonds is 4. The largest absolute Gasteiger partial charge is 0.468 e. The normalized spacial score (nSPS) is 18.9. The van der Waals surface area contributed by atoms with Crippen molar-refractivity contribution in [2.24, 2.45) is 7.05 Å². The Morgan fingerprint density at radius 2 is 2.19 bits per heavy atom. The molecular weight excluding hydrogens is 272 g/mol. The average molecular weight is 292 g/mol. The molecule has 0 amide bonds. The van der Waals surface area contributed by atoms with Crippen LogP contribution in [0.25, 0.3) is 0 Å². The van der Waals surface area contributed by atoms with Gasteiger partial charge in [-0.05, 0) is 26.7 Å². The highest BCUT2D eigenvalue weighted by Gasteiger charge is 2.22. The lowest BCUT2D eigenvalue weighted by molar-refractivity contribution is 0.0716. The zero-order valence-corrected chi connectivity index (χ0v) is 12.6. The number of aromatic nitrogens is 4. The topological polar surface area (TPSA) is 75.2 Å². The maximum atomic E-state index is 5.75. The van der Waals surface area contributed by atoms with Crippen LogP contribution in [0.4, 0.5) is 0 Å². The molecule has 114 valence electrons. The van der Waals surface area contributed by atoms with Gasteiger partial charge in [0.15, 0.2) is 6.61 Å². The van der Waals surface area contributed by atoms with Crippen LogP contribution in [0.15, 0.2) is 4.42 Å². The van der Waals surface area contributed by atoms with E-state index in [0.29, 0.717) is 18.4 Å². The summed E-state index contributed by atoms with van der Waals surface area (Å²) in [5, 5.41) is 12.5. The smallest absolute Gasteiger partial charge is 0.253 e. The monoisotopic (exact) mass is 292 g/mol. The lowest BCUT2D eigenvalue weighted by Crippen LogP contribution is -2.15. The summed E-state index contributed by atoms with van der Waals surface area (Å²) >= 11 is 0. The Morgan fingerprint density at radius 3 is 2.86 bits per heavy atom. The van der Waals surface area contributed by atoms with Gasteiger partial charge >= 0.3 is 0 Å². The number of hydrogen-bond donors (Lipinski definition) is 0. The lowest BCUT2D eigenvalue weighted by Gasteiger charge is -2.18. The quantitative estimate of drug-likeness (QED) is 0.856. The second kappa shape index (κ2) is 5.85. The molecule has 3 rings (SSSR count). The molecule has 1 aliphatic heterocycles. The summed E-state index contributed by atoms with van der Waals surface area (Å²) in [6, 6.07) is 0. The standard InChI is InChI=1S/C14H20N4O3/c1-9-10(2)17-18(3)14(9)20-8-12-15-16-13(21-12)11-5-4-6-19-7-11/h11H,4-8H2,1-3H3. The van der Waals surface area contributed by atoms with E-state index in [9.17, 15) is 0 Å². The van der Waals surface area contributed by atoms with Gasteiger partial charge in [-0.2, -0.15) is 5.10 Å². The molecule has 1 atom stereocenters. The second-order valence-corrected chi connectivity index (χ2v) is 5.38. The van der Waals surface area contributed by atoms with Crippen LogP contribution in [0, 0.1) is 13.8 Å². The van der Waals surface area contributed by atoms with E-state index in [1.807, 2.05) is 20.9 Å². The van der Waals surface area contributed by atoms with Crippen molar-refractivity contribution in [2.45, 2.75) is 39.2 Å². The minimum atomic E-state index is 0.209. The van der Waals surface area contributed by atoms with Crippen LogP contribution < -0.4 is 4.74 Å². The molecule has 1 unspecified atom stereocenters. The third-order valence-electron chi connectivity index (χ3n) is 3.78. The molecule has 0 saturated carbocycles. The third-order valence-corrected chi connectivity index (χ3v) is 3.78. The van der Waals surface area contributed by atoms with Crippen molar-refractivity contribution >= 4 is 0 Å². The summed E-state index contributed by atoms with van der Waals surface area (Å²) in [5.74, 6) is 2.06. The summed E-state index contributed by atoms with van der Waals surface area (Å²) in [7, 11) is 1.86. The first-order valence-electron chi connectivity index (χ1n) is 7.18. The van der Waals surface area contributed by atoms with E-state index in [0.717, 1.165) is 36.6 Å².